The van der Waals surface area contributed by atoms with Crippen LogP contribution in [0.4, 0.5) is 0 Å². The van der Waals surface area contributed by atoms with Crippen LogP contribution in [0.3, 0.4) is 0 Å². The molecule has 1 aromatic rings. The fraction of sp³-hybridized carbons (Fsp3) is 0.500. The molecule has 0 heterocycles. The maximum absolute atomic E-state index is 11.7. The van der Waals surface area contributed by atoms with Gasteiger partial charge in [0.25, 0.3) is 0 Å². The molecule has 0 bridgehead atoms. The molecule has 0 saturated carbocycles. The van der Waals surface area contributed by atoms with Crippen LogP contribution in [0.1, 0.15) is 24.9 Å². The highest BCUT2D eigenvalue weighted by molar-refractivity contribution is 5.83. The van der Waals surface area contributed by atoms with Crippen molar-refractivity contribution in [3.8, 4) is 17.2 Å². The molecule has 0 spiro atoms. The predicted octanol–water partition coefficient (Wildman–Crippen LogP) is 1.24. The predicted molar refractivity (Wildman–Crippen MR) is 76.3 cm³/mol. The molecular formula is C14H22N2O4. The van der Waals surface area contributed by atoms with Gasteiger partial charge in [0.2, 0.25) is 5.91 Å². The van der Waals surface area contributed by atoms with Gasteiger partial charge in [0, 0.05) is 12.1 Å². The van der Waals surface area contributed by atoms with Gasteiger partial charge in [0.1, 0.15) is 23.3 Å². The van der Waals surface area contributed by atoms with E-state index in [4.69, 9.17) is 19.9 Å². The van der Waals surface area contributed by atoms with E-state index in [1.165, 1.54) is 14.2 Å². The first-order chi connectivity index (χ1) is 9.58. The zero-order chi connectivity index (χ0) is 15.1. The molecule has 0 fully saturated rings. The summed E-state index contributed by atoms with van der Waals surface area (Å²) in [4.78, 5) is 11.7. The molecule has 0 aliphatic heterocycles. The zero-order valence-electron chi connectivity index (χ0n) is 12.4. The molecule has 1 atom stereocenters. The Kier molecular flexibility index (Phi) is 6.11. The Balaban J connectivity index is 3.33. The molecule has 20 heavy (non-hydrogen) atoms. The number of nitrogens with two attached hydrogens (primary N) is 1. The Morgan fingerprint density at radius 1 is 1.20 bits per heavy atom. The Bertz CT molecular complexity index is 437. The van der Waals surface area contributed by atoms with Crippen molar-refractivity contribution >= 4 is 5.91 Å². The Labute approximate surface area is 119 Å². The highest BCUT2D eigenvalue weighted by Crippen LogP contribution is 2.38. The lowest BCUT2D eigenvalue weighted by Crippen LogP contribution is -2.34. The number of nitrogens with one attached hydrogen (secondary N) is 1. The number of carbonyl (C=O) groups excluding carboxylic acids is 1. The second-order valence-corrected chi connectivity index (χ2v) is 4.24. The number of methoxy groups -OCH3 is 3. The summed E-state index contributed by atoms with van der Waals surface area (Å²) in [5.74, 6) is 1.09. The Hall–Kier alpha value is -1.95. The van der Waals surface area contributed by atoms with Crippen LogP contribution in [0.2, 0.25) is 0 Å². The number of ether oxygens (including phenoxy) is 3. The highest BCUT2D eigenvalue weighted by Gasteiger charge is 2.26. The third-order valence-electron chi connectivity index (χ3n) is 2.92. The van der Waals surface area contributed by atoms with E-state index in [0.29, 0.717) is 29.4 Å². The number of hydrogen-bond acceptors (Lipinski definition) is 5. The van der Waals surface area contributed by atoms with Gasteiger partial charge in [0.05, 0.1) is 26.9 Å². The van der Waals surface area contributed by atoms with Crippen LogP contribution in [0.25, 0.3) is 0 Å². The van der Waals surface area contributed by atoms with Gasteiger partial charge in [0.15, 0.2) is 0 Å². The lowest BCUT2D eigenvalue weighted by molar-refractivity contribution is -0.120. The number of rotatable bonds is 8. The van der Waals surface area contributed by atoms with E-state index < -0.39 is 11.9 Å². The lowest BCUT2D eigenvalue weighted by Gasteiger charge is -2.21. The summed E-state index contributed by atoms with van der Waals surface area (Å²) in [5.41, 5.74) is 6.06. The summed E-state index contributed by atoms with van der Waals surface area (Å²) in [6, 6.07) is 2.72. The van der Waals surface area contributed by atoms with Crippen molar-refractivity contribution in [2.24, 2.45) is 5.73 Å². The van der Waals surface area contributed by atoms with Gasteiger partial charge in [-0.2, -0.15) is 0 Å². The number of benzene rings is 1. The van der Waals surface area contributed by atoms with Crippen molar-refractivity contribution in [1.82, 2.24) is 5.32 Å². The number of amides is 1. The molecule has 1 rings (SSSR count). The summed E-state index contributed by atoms with van der Waals surface area (Å²) in [6.45, 7) is 2.67. The zero-order valence-corrected chi connectivity index (χ0v) is 12.4. The van der Waals surface area contributed by atoms with Crippen molar-refractivity contribution in [1.29, 1.82) is 0 Å². The molecule has 6 nitrogen and oxygen atoms in total. The quantitative estimate of drug-likeness (QED) is 0.749. The monoisotopic (exact) mass is 282 g/mol. The van der Waals surface area contributed by atoms with Crippen LogP contribution in [0.15, 0.2) is 12.1 Å². The first kappa shape index (κ1) is 16.1. The fourth-order valence-corrected chi connectivity index (χ4v) is 1.95. The SMILES string of the molecule is CCCNC(C(N)=O)c1c(OC)cc(OC)cc1OC. The molecule has 0 radical (unpaired) electrons. The standard InChI is InChI=1S/C14H22N2O4/c1-5-6-16-13(14(15)17)12-10(19-3)7-9(18-2)8-11(12)20-4/h7-8,13,16H,5-6H2,1-4H3,(H2,15,17). The minimum atomic E-state index is -0.675. The molecule has 0 aliphatic rings. The molecule has 1 unspecified atom stereocenters. The fourth-order valence-electron chi connectivity index (χ4n) is 1.95. The van der Waals surface area contributed by atoms with Gasteiger partial charge < -0.3 is 25.3 Å². The molecule has 1 aromatic carbocycles. The van der Waals surface area contributed by atoms with Gasteiger partial charge in [-0.05, 0) is 13.0 Å². The average Bonchev–Trinajstić information content (AvgIpc) is 2.46. The van der Waals surface area contributed by atoms with Crippen LogP contribution in [0, 0.1) is 0 Å². The van der Waals surface area contributed by atoms with E-state index >= 15 is 0 Å². The van der Waals surface area contributed by atoms with Crippen LogP contribution < -0.4 is 25.3 Å². The van der Waals surface area contributed by atoms with Gasteiger partial charge in [-0.3, -0.25) is 4.79 Å². The van der Waals surface area contributed by atoms with Crippen LogP contribution in [0.5, 0.6) is 17.2 Å². The summed E-state index contributed by atoms with van der Waals surface area (Å²) < 4.78 is 15.8. The van der Waals surface area contributed by atoms with Crippen LogP contribution in [-0.4, -0.2) is 33.8 Å². The highest BCUT2D eigenvalue weighted by atomic mass is 16.5. The van der Waals surface area contributed by atoms with E-state index in [-0.39, 0.29) is 0 Å². The second-order valence-electron chi connectivity index (χ2n) is 4.24. The van der Waals surface area contributed by atoms with Crippen LogP contribution >= 0.6 is 0 Å². The van der Waals surface area contributed by atoms with Crippen molar-refractivity contribution in [3.05, 3.63) is 17.7 Å². The molecule has 0 aliphatic carbocycles. The molecule has 0 saturated heterocycles. The van der Waals surface area contributed by atoms with Crippen molar-refractivity contribution < 1.29 is 19.0 Å². The summed E-state index contributed by atoms with van der Waals surface area (Å²) in [5, 5.41) is 3.10. The van der Waals surface area contributed by atoms with Crippen molar-refractivity contribution in [3.63, 3.8) is 0 Å². The first-order valence-corrected chi connectivity index (χ1v) is 6.41. The maximum Gasteiger partial charge on any atom is 0.239 e. The van der Waals surface area contributed by atoms with E-state index in [2.05, 4.69) is 5.32 Å². The molecular weight excluding hydrogens is 260 g/mol. The third-order valence-corrected chi connectivity index (χ3v) is 2.92. The molecule has 1 amide bonds. The molecule has 0 aromatic heterocycles. The van der Waals surface area contributed by atoms with E-state index in [1.807, 2.05) is 6.92 Å². The third kappa shape index (κ3) is 3.54. The van der Waals surface area contributed by atoms with Crippen molar-refractivity contribution in [2.45, 2.75) is 19.4 Å². The van der Waals surface area contributed by atoms with Crippen molar-refractivity contribution in [2.75, 3.05) is 27.9 Å². The Morgan fingerprint density at radius 3 is 2.10 bits per heavy atom. The smallest absolute Gasteiger partial charge is 0.239 e. The van der Waals surface area contributed by atoms with Gasteiger partial charge >= 0.3 is 0 Å². The number of carbonyl (C=O) groups is 1. The minimum Gasteiger partial charge on any atom is -0.496 e. The number of primary amides is 1. The average molecular weight is 282 g/mol. The maximum atomic E-state index is 11.7. The van der Waals surface area contributed by atoms with E-state index in [9.17, 15) is 4.79 Å². The van der Waals surface area contributed by atoms with E-state index in [1.54, 1.807) is 19.2 Å². The molecule has 3 N–H and O–H groups in total. The summed E-state index contributed by atoms with van der Waals surface area (Å²) in [6.07, 6.45) is 0.880. The lowest BCUT2D eigenvalue weighted by atomic mass is 10.0. The van der Waals surface area contributed by atoms with Gasteiger partial charge in [-0.1, -0.05) is 6.92 Å². The number of hydrogen-bond donors (Lipinski definition) is 2. The second kappa shape index (κ2) is 7.59. The minimum absolute atomic E-state index is 0.486. The van der Waals surface area contributed by atoms with E-state index in [0.717, 1.165) is 6.42 Å². The first-order valence-electron chi connectivity index (χ1n) is 6.41. The topological polar surface area (TPSA) is 82.8 Å². The normalized spacial score (nSPS) is 11.8. The molecule has 6 heteroatoms. The largest absolute Gasteiger partial charge is 0.496 e. The van der Waals surface area contributed by atoms with Gasteiger partial charge in [-0.25, -0.2) is 0 Å². The van der Waals surface area contributed by atoms with Gasteiger partial charge in [-0.15, -0.1) is 0 Å². The molecule has 112 valence electrons. The summed E-state index contributed by atoms with van der Waals surface area (Å²) in [7, 11) is 4.60. The van der Waals surface area contributed by atoms with Crippen LogP contribution in [-0.2, 0) is 4.79 Å². The summed E-state index contributed by atoms with van der Waals surface area (Å²) >= 11 is 0. The Morgan fingerprint density at radius 2 is 1.75 bits per heavy atom.